The molecule has 0 N–H and O–H groups in total. The maximum absolute atomic E-state index is 12.4. The van der Waals surface area contributed by atoms with Gasteiger partial charge < -0.3 is 9.47 Å². The molecule has 36 heavy (non-hydrogen) atoms. The molecule has 0 aliphatic carbocycles. The SMILES string of the molecule is CCC(=O)N1CCC(CCN2[C@@H]3CC[C@H]2CC(n2c(C)nc4ccccc42)C3)(c2ccccc2)CC1. The van der Waals surface area contributed by atoms with Crippen molar-refractivity contribution in [2.24, 2.45) is 0 Å². The van der Waals surface area contributed by atoms with Gasteiger partial charge in [0.05, 0.1) is 11.0 Å². The second-order valence-corrected chi connectivity index (χ2v) is 11.4. The number of hydrogen-bond acceptors (Lipinski definition) is 3. The van der Waals surface area contributed by atoms with E-state index in [0.717, 1.165) is 37.3 Å². The highest BCUT2D eigenvalue weighted by Gasteiger charge is 2.44. The zero-order chi connectivity index (χ0) is 24.7. The summed E-state index contributed by atoms with van der Waals surface area (Å²) >= 11 is 0. The Hall–Kier alpha value is -2.66. The maximum atomic E-state index is 12.4. The van der Waals surface area contributed by atoms with Crippen molar-refractivity contribution < 1.29 is 4.79 Å². The number of carbonyl (C=O) groups excluding carboxylic acids is 1. The smallest absolute Gasteiger partial charge is 0.222 e. The lowest BCUT2D eigenvalue weighted by Crippen LogP contribution is -2.49. The Bertz CT molecular complexity index is 1200. The molecule has 2 aromatic carbocycles. The Morgan fingerprint density at radius 3 is 2.31 bits per heavy atom. The minimum absolute atomic E-state index is 0.180. The molecular weight excluding hydrogens is 444 g/mol. The van der Waals surface area contributed by atoms with E-state index in [0.29, 0.717) is 30.5 Å². The van der Waals surface area contributed by atoms with Crippen LogP contribution >= 0.6 is 0 Å². The molecule has 0 saturated carbocycles. The molecule has 6 rings (SSSR count). The van der Waals surface area contributed by atoms with Gasteiger partial charge in [0.15, 0.2) is 0 Å². The molecule has 5 heteroatoms. The highest BCUT2D eigenvalue weighted by atomic mass is 16.2. The summed E-state index contributed by atoms with van der Waals surface area (Å²) in [4.78, 5) is 22.2. The molecule has 190 valence electrons. The highest BCUT2D eigenvalue weighted by Crippen LogP contribution is 2.45. The van der Waals surface area contributed by atoms with E-state index < -0.39 is 0 Å². The molecule has 1 amide bonds. The number of para-hydroxylation sites is 2. The van der Waals surface area contributed by atoms with Crippen LogP contribution in [0.4, 0.5) is 0 Å². The number of aryl methyl sites for hydroxylation is 1. The van der Waals surface area contributed by atoms with Gasteiger partial charge in [0, 0.05) is 37.6 Å². The number of hydrogen-bond donors (Lipinski definition) is 0. The van der Waals surface area contributed by atoms with Gasteiger partial charge in [0.2, 0.25) is 5.91 Å². The molecule has 3 atom stereocenters. The summed E-state index contributed by atoms with van der Waals surface area (Å²) in [6.07, 6.45) is 9.07. The van der Waals surface area contributed by atoms with Gasteiger partial charge in [-0.15, -0.1) is 0 Å². The zero-order valence-electron chi connectivity index (χ0n) is 21.9. The first-order valence-corrected chi connectivity index (χ1v) is 14.1. The van der Waals surface area contributed by atoms with Crippen LogP contribution in [0.5, 0.6) is 0 Å². The second kappa shape index (κ2) is 9.66. The Morgan fingerprint density at radius 1 is 0.944 bits per heavy atom. The van der Waals surface area contributed by atoms with Crippen molar-refractivity contribution in [1.29, 1.82) is 0 Å². The average molecular weight is 485 g/mol. The number of rotatable bonds is 6. The molecule has 1 aromatic heterocycles. The van der Waals surface area contributed by atoms with Crippen LogP contribution < -0.4 is 0 Å². The third-order valence-corrected chi connectivity index (χ3v) is 9.61. The first kappa shape index (κ1) is 23.7. The van der Waals surface area contributed by atoms with Crippen LogP contribution in [0.2, 0.25) is 0 Å². The Balaban J connectivity index is 1.18. The molecular formula is C31H40N4O. The van der Waals surface area contributed by atoms with Gasteiger partial charge in [-0.2, -0.15) is 0 Å². The number of piperidine rings is 2. The van der Waals surface area contributed by atoms with E-state index >= 15 is 0 Å². The summed E-state index contributed by atoms with van der Waals surface area (Å²) in [5.41, 5.74) is 4.07. The largest absolute Gasteiger partial charge is 0.343 e. The highest BCUT2D eigenvalue weighted by molar-refractivity contribution is 5.76. The number of aromatic nitrogens is 2. The first-order chi connectivity index (χ1) is 17.6. The number of amides is 1. The Morgan fingerprint density at radius 2 is 1.61 bits per heavy atom. The van der Waals surface area contributed by atoms with Gasteiger partial charge in [-0.25, -0.2) is 4.98 Å². The normalized spacial score (nSPS) is 25.9. The van der Waals surface area contributed by atoms with Crippen LogP contribution in [0.3, 0.4) is 0 Å². The summed E-state index contributed by atoms with van der Waals surface area (Å²) in [7, 11) is 0. The quantitative estimate of drug-likeness (QED) is 0.439. The van der Waals surface area contributed by atoms with Crippen molar-refractivity contribution in [1.82, 2.24) is 19.4 Å². The van der Waals surface area contributed by atoms with Crippen LogP contribution in [-0.4, -0.2) is 57.0 Å². The van der Waals surface area contributed by atoms with E-state index in [1.807, 2.05) is 6.92 Å². The molecule has 3 aliphatic rings. The summed E-state index contributed by atoms with van der Waals surface area (Å²) in [5.74, 6) is 1.46. The van der Waals surface area contributed by atoms with Crippen LogP contribution in [0.25, 0.3) is 11.0 Å². The van der Waals surface area contributed by atoms with Crippen molar-refractivity contribution >= 4 is 16.9 Å². The third kappa shape index (κ3) is 4.15. The fourth-order valence-electron chi connectivity index (χ4n) is 7.67. The van der Waals surface area contributed by atoms with Crippen LogP contribution in [0.15, 0.2) is 54.6 Å². The third-order valence-electron chi connectivity index (χ3n) is 9.61. The van der Waals surface area contributed by atoms with Crippen molar-refractivity contribution in [2.45, 2.75) is 88.8 Å². The number of nitrogens with zero attached hydrogens (tertiary/aromatic N) is 4. The zero-order valence-corrected chi connectivity index (χ0v) is 21.9. The van der Waals surface area contributed by atoms with Gasteiger partial charge in [-0.3, -0.25) is 9.69 Å². The van der Waals surface area contributed by atoms with Crippen LogP contribution in [0, 0.1) is 6.92 Å². The van der Waals surface area contributed by atoms with Crippen molar-refractivity contribution in [2.75, 3.05) is 19.6 Å². The lowest BCUT2D eigenvalue weighted by atomic mass is 9.70. The molecule has 3 saturated heterocycles. The molecule has 0 spiro atoms. The topological polar surface area (TPSA) is 41.4 Å². The summed E-state index contributed by atoms with van der Waals surface area (Å²) in [6, 6.07) is 21.7. The second-order valence-electron chi connectivity index (χ2n) is 11.4. The van der Waals surface area contributed by atoms with E-state index in [9.17, 15) is 4.79 Å². The Kier molecular flexibility index (Phi) is 6.37. The van der Waals surface area contributed by atoms with Gasteiger partial charge >= 0.3 is 0 Å². The summed E-state index contributed by atoms with van der Waals surface area (Å²) in [6.45, 7) is 7.11. The minimum atomic E-state index is 0.180. The molecule has 3 aromatic rings. The number of benzene rings is 2. The van der Waals surface area contributed by atoms with Crippen molar-refractivity contribution in [3.63, 3.8) is 0 Å². The monoisotopic (exact) mass is 484 g/mol. The van der Waals surface area contributed by atoms with E-state index in [4.69, 9.17) is 4.98 Å². The van der Waals surface area contributed by atoms with Gasteiger partial charge in [-0.05, 0) is 81.5 Å². The predicted molar refractivity (Wildman–Crippen MR) is 145 cm³/mol. The van der Waals surface area contributed by atoms with E-state index in [1.165, 1.54) is 49.7 Å². The lowest BCUT2D eigenvalue weighted by Gasteiger charge is -2.45. The van der Waals surface area contributed by atoms with Crippen LogP contribution in [-0.2, 0) is 10.2 Å². The average Bonchev–Trinajstić information content (AvgIpc) is 3.38. The fourth-order valence-corrected chi connectivity index (χ4v) is 7.67. The molecule has 2 bridgehead atoms. The lowest BCUT2D eigenvalue weighted by molar-refractivity contribution is -0.132. The minimum Gasteiger partial charge on any atom is -0.343 e. The van der Waals surface area contributed by atoms with Gasteiger partial charge in [0.1, 0.15) is 5.82 Å². The molecule has 4 heterocycles. The number of fused-ring (bicyclic) bond motifs is 3. The van der Waals surface area contributed by atoms with E-state index in [-0.39, 0.29) is 5.41 Å². The first-order valence-electron chi connectivity index (χ1n) is 14.1. The molecule has 5 nitrogen and oxygen atoms in total. The molecule has 3 fully saturated rings. The van der Waals surface area contributed by atoms with E-state index in [2.05, 4.69) is 75.9 Å². The summed E-state index contributed by atoms with van der Waals surface area (Å²) < 4.78 is 2.53. The number of imidazole rings is 1. The van der Waals surface area contributed by atoms with Crippen molar-refractivity contribution in [3.05, 3.63) is 66.0 Å². The van der Waals surface area contributed by atoms with Gasteiger partial charge in [0.25, 0.3) is 0 Å². The summed E-state index contributed by atoms with van der Waals surface area (Å²) in [5, 5.41) is 0. The fraction of sp³-hybridized carbons (Fsp3) is 0.548. The van der Waals surface area contributed by atoms with Gasteiger partial charge in [-0.1, -0.05) is 49.4 Å². The molecule has 3 aliphatic heterocycles. The van der Waals surface area contributed by atoms with Crippen molar-refractivity contribution in [3.8, 4) is 0 Å². The number of carbonyl (C=O) groups is 1. The molecule has 0 radical (unpaired) electrons. The Labute approximate surface area is 215 Å². The molecule has 1 unspecified atom stereocenters. The van der Waals surface area contributed by atoms with Crippen LogP contribution in [0.1, 0.15) is 75.7 Å². The van der Waals surface area contributed by atoms with E-state index in [1.54, 1.807) is 0 Å². The number of likely N-dealkylation sites (tertiary alicyclic amines) is 1. The maximum Gasteiger partial charge on any atom is 0.222 e. The standard InChI is InChI=1S/C31H40N4O/c1-3-30(36)33-18-15-31(16-19-33,24-9-5-4-6-10-24)17-20-34-25-13-14-26(34)22-27(21-25)35-23(2)32-28-11-7-8-12-29(28)35/h4-12,25-27H,3,13-22H2,1-2H3/t25-,26+,27?. The predicted octanol–water partition coefficient (Wildman–Crippen LogP) is 5.87.